The van der Waals surface area contributed by atoms with Crippen molar-refractivity contribution >= 4 is 34.7 Å². The van der Waals surface area contributed by atoms with Crippen LogP contribution in [0.1, 0.15) is 15.2 Å². The highest BCUT2D eigenvalue weighted by Crippen LogP contribution is 2.26. The molecular weight excluding hydrogens is 250 g/mol. The number of nitrogens with one attached hydrogen (secondary N) is 1. The van der Waals surface area contributed by atoms with Gasteiger partial charge in [-0.25, -0.2) is 0 Å². The zero-order chi connectivity index (χ0) is 12.3. The van der Waals surface area contributed by atoms with E-state index in [0.717, 1.165) is 21.0 Å². The van der Waals surface area contributed by atoms with Crippen molar-refractivity contribution in [3.8, 4) is 0 Å². The second-order valence-corrected chi connectivity index (χ2v) is 5.35. The van der Waals surface area contributed by atoms with Gasteiger partial charge in [0.15, 0.2) is 0 Å². The third kappa shape index (κ3) is 2.70. The van der Waals surface area contributed by atoms with Crippen molar-refractivity contribution in [1.82, 2.24) is 0 Å². The third-order valence-corrected chi connectivity index (χ3v) is 4.23. The molecule has 0 spiro atoms. The molecule has 2 nitrogen and oxygen atoms in total. The Morgan fingerprint density at radius 2 is 2.06 bits per heavy atom. The topological polar surface area (TPSA) is 29.1 Å². The maximum absolute atomic E-state index is 12.1. The lowest BCUT2D eigenvalue weighted by molar-refractivity contribution is 0.103. The van der Waals surface area contributed by atoms with E-state index < -0.39 is 0 Å². The average molecular weight is 263 g/mol. The highest BCUT2D eigenvalue weighted by atomic mass is 32.2. The summed E-state index contributed by atoms with van der Waals surface area (Å²) in [5, 5.41) is 4.89. The molecule has 1 heterocycles. The first-order valence-corrected chi connectivity index (χ1v) is 7.31. The molecular formula is C13H13NOS2. The largest absolute Gasteiger partial charge is 0.320 e. The molecule has 1 amide bonds. The normalized spacial score (nSPS) is 10.2. The van der Waals surface area contributed by atoms with Crippen molar-refractivity contribution in [3.05, 3.63) is 46.2 Å². The summed E-state index contributed by atoms with van der Waals surface area (Å²) in [4.78, 5) is 13.9. The number of hydrogen-bond acceptors (Lipinski definition) is 3. The Labute approximate surface area is 109 Å². The number of amides is 1. The number of hydrogen-bond donors (Lipinski definition) is 1. The minimum atomic E-state index is -0.0287. The fourth-order valence-electron chi connectivity index (χ4n) is 1.53. The quantitative estimate of drug-likeness (QED) is 0.847. The number of thiophene rings is 1. The van der Waals surface area contributed by atoms with Crippen molar-refractivity contribution in [2.45, 2.75) is 11.8 Å². The summed E-state index contributed by atoms with van der Waals surface area (Å²) in [5.41, 5.74) is 1.90. The molecule has 1 aromatic heterocycles. The van der Waals surface area contributed by atoms with Crippen LogP contribution in [0, 0.1) is 6.92 Å². The van der Waals surface area contributed by atoms with E-state index >= 15 is 0 Å². The molecule has 1 N–H and O–H groups in total. The van der Waals surface area contributed by atoms with Crippen LogP contribution in [0.4, 0.5) is 5.69 Å². The molecule has 0 fully saturated rings. The molecule has 0 unspecified atom stereocenters. The number of thioether (sulfide) groups is 1. The molecule has 17 heavy (non-hydrogen) atoms. The van der Waals surface area contributed by atoms with Gasteiger partial charge in [-0.05, 0) is 42.3 Å². The van der Waals surface area contributed by atoms with Gasteiger partial charge >= 0.3 is 0 Å². The summed E-state index contributed by atoms with van der Waals surface area (Å²) in [6.45, 7) is 1.95. The Morgan fingerprint density at radius 1 is 1.29 bits per heavy atom. The number of aryl methyl sites for hydroxylation is 1. The van der Waals surface area contributed by atoms with Crippen LogP contribution in [0.3, 0.4) is 0 Å². The Morgan fingerprint density at radius 3 is 2.71 bits per heavy atom. The highest BCUT2D eigenvalue weighted by Gasteiger charge is 2.11. The number of rotatable bonds is 3. The maximum atomic E-state index is 12.1. The van der Waals surface area contributed by atoms with E-state index in [1.807, 2.05) is 48.9 Å². The van der Waals surface area contributed by atoms with Crippen LogP contribution in [0.15, 0.2) is 40.6 Å². The van der Waals surface area contributed by atoms with Crippen molar-refractivity contribution in [2.75, 3.05) is 11.6 Å². The summed E-state index contributed by atoms with van der Waals surface area (Å²) in [7, 11) is 0. The second-order valence-electron chi connectivity index (χ2n) is 3.59. The van der Waals surface area contributed by atoms with Gasteiger partial charge < -0.3 is 5.32 Å². The molecule has 0 bridgehead atoms. The molecule has 0 saturated carbocycles. The predicted molar refractivity (Wildman–Crippen MR) is 75.2 cm³/mol. The molecule has 1 aromatic carbocycles. The molecule has 0 atom stereocenters. The lowest BCUT2D eigenvalue weighted by atomic mass is 10.2. The Kier molecular flexibility index (Phi) is 3.86. The van der Waals surface area contributed by atoms with Crippen LogP contribution < -0.4 is 5.32 Å². The van der Waals surface area contributed by atoms with Crippen LogP contribution in [-0.2, 0) is 0 Å². The van der Waals surface area contributed by atoms with E-state index in [9.17, 15) is 4.79 Å². The predicted octanol–water partition coefficient (Wildman–Crippen LogP) is 4.03. The van der Waals surface area contributed by atoms with Crippen LogP contribution in [0.2, 0.25) is 0 Å². The van der Waals surface area contributed by atoms with E-state index in [4.69, 9.17) is 0 Å². The zero-order valence-corrected chi connectivity index (χ0v) is 11.3. The number of para-hydroxylation sites is 1. The Balaban J connectivity index is 2.22. The minimum Gasteiger partial charge on any atom is -0.320 e. The fraction of sp³-hybridized carbons (Fsp3) is 0.154. The standard InChI is InChI=1S/C13H13NOS2/c1-9-7-8-17-12(9)13(15)14-10-5-3-4-6-11(10)16-2/h3-8H,1-2H3,(H,14,15). The van der Waals surface area contributed by atoms with Crippen LogP contribution in [0.5, 0.6) is 0 Å². The zero-order valence-electron chi connectivity index (χ0n) is 9.69. The molecule has 0 aliphatic carbocycles. The lowest BCUT2D eigenvalue weighted by Gasteiger charge is -2.08. The van der Waals surface area contributed by atoms with Gasteiger partial charge in [0.25, 0.3) is 5.91 Å². The summed E-state index contributed by atoms with van der Waals surface area (Å²) < 4.78 is 0. The van der Waals surface area contributed by atoms with E-state index in [0.29, 0.717) is 0 Å². The number of anilines is 1. The fourth-order valence-corrected chi connectivity index (χ4v) is 2.91. The number of carbonyl (C=O) groups excluding carboxylic acids is 1. The summed E-state index contributed by atoms with van der Waals surface area (Å²) in [5.74, 6) is -0.0287. The first-order chi connectivity index (χ1) is 8.22. The number of benzene rings is 1. The molecule has 2 aromatic rings. The number of carbonyl (C=O) groups is 1. The molecule has 88 valence electrons. The van der Waals surface area contributed by atoms with Crippen LogP contribution in [-0.4, -0.2) is 12.2 Å². The Hall–Kier alpha value is -1.26. The monoisotopic (exact) mass is 263 g/mol. The molecule has 2 rings (SSSR count). The van der Waals surface area contributed by atoms with Gasteiger partial charge in [0, 0.05) is 4.90 Å². The van der Waals surface area contributed by atoms with Gasteiger partial charge in [0.2, 0.25) is 0 Å². The summed E-state index contributed by atoms with van der Waals surface area (Å²) in [6.07, 6.45) is 2.00. The van der Waals surface area contributed by atoms with Crippen molar-refractivity contribution in [3.63, 3.8) is 0 Å². The minimum absolute atomic E-state index is 0.0287. The highest BCUT2D eigenvalue weighted by molar-refractivity contribution is 7.98. The van der Waals surface area contributed by atoms with Gasteiger partial charge in [-0.15, -0.1) is 23.1 Å². The average Bonchev–Trinajstić information content (AvgIpc) is 2.76. The molecule has 0 aliphatic rings. The lowest BCUT2D eigenvalue weighted by Crippen LogP contribution is -2.11. The van der Waals surface area contributed by atoms with E-state index in [1.54, 1.807) is 11.8 Å². The van der Waals surface area contributed by atoms with Gasteiger partial charge in [0.1, 0.15) is 0 Å². The van der Waals surface area contributed by atoms with Crippen molar-refractivity contribution < 1.29 is 4.79 Å². The second kappa shape index (κ2) is 5.38. The molecule has 4 heteroatoms. The van der Waals surface area contributed by atoms with E-state index in [2.05, 4.69) is 5.32 Å². The maximum Gasteiger partial charge on any atom is 0.266 e. The van der Waals surface area contributed by atoms with Crippen LogP contribution in [0.25, 0.3) is 0 Å². The van der Waals surface area contributed by atoms with Gasteiger partial charge in [-0.2, -0.15) is 0 Å². The SMILES string of the molecule is CSc1ccccc1NC(=O)c1sccc1C. The molecule has 0 radical (unpaired) electrons. The smallest absolute Gasteiger partial charge is 0.266 e. The van der Waals surface area contributed by atoms with Crippen molar-refractivity contribution in [1.29, 1.82) is 0 Å². The first-order valence-electron chi connectivity index (χ1n) is 5.21. The van der Waals surface area contributed by atoms with E-state index in [1.165, 1.54) is 11.3 Å². The molecule has 0 aliphatic heterocycles. The summed E-state index contributed by atoms with van der Waals surface area (Å²) in [6, 6.07) is 9.78. The summed E-state index contributed by atoms with van der Waals surface area (Å²) >= 11 is 3.10. The van der Waals surface area contributed by atoms with Crippen molar-refractivity contribution in [2.24, 2.45) is 0 Å². The first kappa shape index (κ1) is 12.2. The van der Waals surface area contributed by atoms with Gasteiger partial charge in [0.05, 0.1) is 10.6 Å². The van der Waals surface area contributed by atoms with E-state index in [-0.39, 0.29) is 5.91 Å². The molecule has 0 saturated heterocycles. The van der Waals surface area contributed by atoms with Crippen LogP contribution >= 0.6 is 23.1 Å². The van der Waals surface area contributed by atoms with Gasteiger partial charge in [-0.3, -0.25) is 4.79 Å². The van der Waals surface area contributed by atoms with Gasteiger partial charge in [-0.1, -0.05) is 12.1 Å². The Bertz CT molecular complexity index is 534. The third-order valence-electron chi connectivity index (χ3n) is 2.42.